The van der Waals surface area contributed by atoms with E-state index in [1.807, 2.05) is 11.8 Å². The molecule has 1 rings (SSSR count). The van der Waals surface area contributed by atoms with Gasteiger partial charge in [0.1, 0.15) is 0 Å². The van der Waals surface area contributed by atoms with Gasteiger partial charge < -0.3 is 5.73 Å². The van der Waals surface area contributed by atoms with Crippen molar-refractivity contribution < 1.29 is 0 Å². The molecule has 1 nitrogen and oxygen atoms in total. The van der Waals surface area contributed by atoms with Crippen LogP contribution in [0.1, 0.15) is 43.9 Å². The van der Waals surface area contributed by atoms with Crippen LogP contribution in [0.25, 0.3) is 0 Å². The van der Waals surface area contributed by atoms with Gasteiger partial charge in [-0.05, 0) is 24.7 Å². The number of nitrogens with two attached hydrogens (primary N) is 1. The van der Waals surface area contributed by atoms with Gasteiger partial charge in [0, 0.05) is 11.3 Å². The lowest BCUT2D eigenvalue weighted by Gasteiger charge is -2.20. The smallest absolute Gasteiger partial charge is 0.0445 e. The molecule has 0 aliphatic carbocycles. The predicted molar refractivity (Wildman–Crippen MR) is 74.8 cm³/mol. The molecule has 2 heteroatoms. The van der Waals surface area contributed by atoms with Gasteiger partial charge in [-0.1, -0.05) is 50.1 Å². The number of thioether (sulfide) groups is 1. The highest BCUT2D eigenvalue weighted by molar-refractivity contribution is 7.99. The number of hydrogen-bond acceptors (Lipinski definition) is 2. The van der Waals surface area contributed by atoms with E-state index in [2.05, 4.69) is 44.2 Å². The maximum atomic E-state index is 6.06. The Balaban J connectivity index is 2.49. The molecule has 0 aliphatic rings. The highest BCUT2D eigenvalue weighted by atomic mass is 32.2. The van der Waals surface area contributed by atoms with Crippen molar-refractivity contribution in [1.82, 2.24) is 0 Å². The Labute approximate surface area is 104 Å². The SMILES string of the molecule is CCCCCSC(c1ccccc1)C(C)N. The first-order chi connectivity index (χ1) is 7.75. The Morgan fingerprint density at radius 1 is 1.19 bits per heavy atom. The van der Waals surface area contributed by atoms with E-state index in [9.17, 15) is 0 Å². The normalized spacial score (nSPS) is 14.7. The van der Waals surface area contributed by atoms with E-state index in [1.165, 1.54) is 30.6 Å². The third-order valence-corrected chi connectivity index (χ3v) is 4.24. The van der Waals surface area contributed by atoms with Gasteiger partial charge >= 0.3 is 0 Å². The highest BCUT2D eigenvalue weighted by Crippen LogP contribution is 2.31. The summed E-state index contributed by atoms with van der Waals surface area (Å²) in [6.07, 6.45) is 3.92. The van der Waals surface area contributed by atoms with Crippen molar-refractivity contribution in [2.24, 2.45) is 5.73 Å². The van der Waals surface area contributed by atoms with Gasteiger partial charge in [-0.25, -0.2) is 0 Å². The molecule has 0 heterocycles. The minimum atomic E-state index is 0.217. The summed E-state index contributed by atoms with van der Waals surface area (Å²) in [6.45, 7) is 4.34. The molecule has 0 saturated carbocycles. The third kappa shape index (κ3) is 4.58. The zero-order valence-electron chi connectivity index (χ0n) is 10.4. The summed E-state index contributed by atoms with van der Waals surface area (Å²) in [5.74, 6) is 1.22. The summed E-state index contributed by atoms with van der Waals surface area (Å²) >= 11 is 2.00. The first kappa shape index (κ1) is 13.6. The summed E-state index contributed by atoms with van der Waals surface area (Å²) in [5.41, 5.74) is 7.42. The van der Waals surface area contributed by atoms with Crippen molar-refractivity contribution in [3.8, 4) is 0 Å². The maximum absolute atomic E-state index is 6.06. The fourth-order valence-electron chi connectivity index (χ4n) is 1.76. The predicted octanol–water partition coefficient (Wildman–Crippen LogP) is 4.00. The molecule has 2 N–H and O–H groups in total. The molecular formula is C14H23NS. The van der Waals surface area contributed by atoms with Crippen molar-refractivity contribution in [1.29, 1.82) is 0 Å². The summed E-state index contributed by atoms with van der Waals surface area (Å²) in [7, 11) is 0. The standard InChI is InChI=1S/C14H23NS/c1-3-4-8-11-16-14(12(2)15)13-9-6-5-7-10-13/h5-7,9-10,12,14H,3-4,8,11,15H2,1-2H3. The van der Waals surface area contributed by atoms with Gasteiger partial charge in [0.05, 0.1) is 0 Å². The summed E-state index contributed by atoms with van der Waals surface area (Å²) in [6, 6.07) is 10.8. The fraction of sp³-hybridized carbons (Fsp3) is 0.571. The molecule has 90 valence electrons. The topological polar surface area (TPSA) is 26.0 Å². The van der Waals surface area contributed by atoms with Crippen molar-refractivity contribution in [2.75, 3.05) is 5.75 Å². The minimum Gasteiger partial charge on any atom is -0.327 e. The summed E-state index contributed by atoms with van der Waals surface area (Å²) in [5, 5.41) is 0.443. The van der Waals surface area contributed by atoms with Crippen LogP contribution in [0.3, 0.4) is 0 Å². The summed E-state index contributed by atoms with van der Waals surface area (Å²) < 4.78 is 0. The van der Waals surface area contributed by atoms with E-state index in [0.29, 0.717) is 5.25 Å². The molecule has 0 aromatic heterocycles. The first-order valence-corrected chi connectivity index (χ1v) is 7.22. The Morgan fingerprint density at radius 3 is 2.44 bits per heavy atom. The Morgan fingerprint density at radius 2 is 1.88 bits per heavy atom. The van der Waals surface area contributed by atoms with Crippen molar-refractivity contribution in [2.45, 2.75) is 44.4 Å². The van der Waals surface area contributed by atoms with Gasteiger partial charge in [0.25, 0.3) is 0 Å². The van der Waals surface area contributed by atoms with E-state index in [0.717, 1.165) is 0 Å². The van der Waals surface area contributed by atoms with Gasteiger partial charge in [-0.2, -0.15) is 11.8 Å². The second kappa shape index (κ2) is 7.75. The zero-order chi connectivity index (χ0) is 11.8. The van der Waals surface area contributed by atoms with Crippen LogP contribution in [0.15, 0.2) is 30.3 Å². The monoisotopic (exact) mass is 237 g/mol. The number of hydrogen-bond donors (Lipinski definition) is 1. The molecule has 0 saturated heterocycles. The lowest BCUT2D eigenvalue weighted by Crippen LogP contribution is -2.22. The highest BCUT2D eigenvalue weighted by Gasteiger charge is 2.15. The Hall–Kier alpha value is -0.470. The second-order valence-electron chi connectivity index (χ2n) is 4.27. The average Bonchev–Trinajstić information content (AvgIpc) is 2.30. The quantitative estimate of drug-likeness (QED) is 0.725. The molecule has 2 unspecified atom stereocenters. The van der Waals surface area contributed by atoms with Crippen molar-refractivity contribution in [3.63, 3.8) is 0 Å². The van der Waals surface area contributed by atoms with Crippen LogP contribution >= 0.6 is 11.8 Å². The van der Waals surface area contributed by atoms with E-state index in [4.69, 9.17) is 5.73 Å². The molecule has 0 amide bonds. The average molecular weight is 237 g/mol. The van der Waals surface area contributed by atoms with Crippen LogP contribution in [-0.2, 0) is 0 Å². The zero-order valence-corrected chi connectivity index (χ0v) is 11.2. The van der Waals surface area contributed by atoms with Gasteiger partial charge in [0.2, 0.25) is 0 Å². The number of rotatable bonds is 7. The molecule has 1 aromatic carbocycles. The van der Waals surface area contributed by atoms with Crippen molar-refractivity contribution >= 4 is 11.8 Å². The molecule has 16 heavy (non-hydrogen) atoms. The fourth-order valence-corrected chi connectivity index (χ4v) is 3.03. The molecule has 0 spiro atoms. The second-order valence-corrected chi connectivity index (χ2v) is 5.52. The van der Waals surface area contributed by atoms with Gasteiger partial charge in [-0.15, -0.1) is 0 Å². The first-order valence-electron chi connectivity index (χ1n) is 6.17. The maximum Gasteiger partial charge on any atom is 0.0445 e. The van der Waals surface area contributed by atoms with E-state index in [-0.39, 0.29) is 6.04 Å². The van der Waals surface area contributed by atoms with Crippen LogP contribution in [-0.4, -0.2) is 11.8 Å². The number of benzene rings is 1. The van der Waals surface area contributed by atoms with Crippen LogP contribution in [0.4, 0.5) is 0 Å². The van der Waals surface area contributed by atoms with E-state index < -0.39 is 0 Å². The molecule has 1 aromatic rings. The molecule has 0 aliphatic heterocycles. The lowest BCUT2D eigenvalue weighted by molar-refractivity contribution is 0.716. The Kier molecular flexibility index (Phi) is 6.58. The summed E-state index contributed by atoms with van der Waals surface area (Å²) in [4.78, 5) is 0. The minimum absolute atomic E-state index is 0.217. The van der Waals surface area contributed by atoms with Crippen LogP contribution in [0.2, 0.25) is 0 Å². The van der Waals surface area contributed by atoms with Crippen LogP contribution in [0.5, 0.6) is 0 Å². The van der Waals surface area contributed by atoms with Gasteiger partial charge in [-0.3, -0.25) is 0 Å². The van der Waals surface area contributed by atoms with Crippen molar-refractivity contribution in [3.05, 3.63) is 35.9 Å². The Bertz CT molecular complexity index is 271. The van der Waals surface area contributed by atoms with Crippen LogP contribution in [0, 0.1) is 0 Å². The van der Waals surface area contributed by atoms with E-state index in [1.54, 1.807) is 0 Å². The molecule has 0 fully saturated rings. The van der Waals surface area contributed by atoms with E-state index >= 15 is 0 Å². The number of unbranched alkanes of at least 4 members (excludes halogenated alkanes) is 2. The molecule has 2 atom stereocenters. The third-order valence-electron chi connectivity index (χ3n) is 2.65. The molecular weight excluding hydrogens is 214 g/mol. The lowest BCUT2D eigenvalue weighted by atomic mass is 10.1. The largest absolute Gasteiger partial charge is 0.327 e. The van der Waals surface area contributed by atoms with Crippen LogP contribution < -0.4 is 5.73 Å². The molecule has 0 radical (unpaired) electrons. The van der Waals surface area contributed by atoms with Gasteiger partial charge in [0.15, 0.2) is 0 Å². The molecule has 0 bridgehead atoms.